The van der Waals surface area contributed by atoms with Crippen LogP contribution in [0.2, 0.25) is 0 Å². The maximum absolute atomic E-state index is 4.71. The van der Waals surface area contributed by atoms with E-state index in [0.717, 1.165) is 6.42 Å². The second kappa shape index (κ2) is 7.40. The molecule has 0 saturated carbocycles. The van der Waals surface area contributed by atoms with E-state index in [0.29, 0.717) is 17.8 Å². The van der Waals surface area contributed by atoms with Crippen LogP contribution in [0.3, 0.4) is 0 Å². The van der Waals surface area contributed by atoms with Gasteiger partial charge in [-0.15, -0.1) is 0 Å². The third-order valence-electron chi connectivity index (χ3n) is 4.66. The van der Waals surface area contributed by atoms with Crippen molar-refractivity contribution in [3.8, 4) is 0 Å². The molecule has 1 nitrogen and oxygen atoms in total. The van der Waals surface area contributed by atoms with Crippen molar-refractivity contribution in [3.05, 3.63) is 65.5 Å². The van der Waals surface area contributed by atoms with Crippen molar-refractivity contribution in [1.82, 2.24) is 4.98 Å². The van der Waals surface area contributed by atoms with Gasteiger partial charge >= 0.3 is 0 Å². The fourth-order valence-electron chi connectivity index (χ4n) is 2.85. The number of benzene rings is 1. The first-order valence-corrected chi connectivity index (χ1v) is 8.18. The zero-order valence-corrected chi connectivity index (χ0v) is 13.7. The van der Waals surface area contributed by atoms with Crippen LogP contribution < -0.4 is 0 Å². The Kier molecular flexibility index (Phi) is 5.55. The molecular formula is C20H27N. The van der Waals surface area contributed by atoms with E-state index in [1.54, 1.807) is 0 Å². The van der Waals surface area contributed by atoms with Gasteiger partial charge in [0.2, 0.25) is 0 Å². The number of hydrogen-bond donors (Lipinski definition) is 0. The minimum absolute atomic E-state index is 0.440. The summed E-state index contributed by atoms with van der Waals surface area (Å²) < 4.78 is 0. The maximum Gasteiger partial charge on any atom is 0.0431 e. The van der Waals surface area contributed by atoms with Gasteiger partial charge in [0.05, 0.1) is 0 Å². The molecule has 3 atom stereocenters. The molecule has 0 amide bonds. The van der Waals surface area contributed by atoms with E-state index in [9.17, 15) is 0 Å². The molecule has 0 saturated heterocycles. The summed E-state index contributed by atoms with van der Waals surface area (Å²) in [5, 5.41) is 0. The first-order valence-electron chi connectivity index (χ1n) is 8.18. The van der Waals surface area contributed by atoms with E-state index < -0.39 is 0 Å². The number of rotatable bonds is 6. The average Bonchev–Trinajstić information content (AvgIpc) is 2.55. The molecular weight excluding hydrogens is 254 g/mol. The lowest BCUT2D eigenvalue weighted by Gasteiger charge is -2.24. The fourth-order valence-corrected chi connectivity index (χ4v) is 2.85. The third-order valence-corrected chi connectivity index (χ3v) is 4.66. The zero-order chi connectivity index (χ0) is 15.2. The molecule has 0 radical (unpaired) electrons. The highest BCUT2D eigenvalue weighted by molar-refractivity contribution is 5.32. The normalized spacial score (nSPS) is 15.4. The molecule has 0 aliphatic heterocycles. The van der Waals surface area contributed by atoms with Crippen LogP contribution in [0.1, 0.15) is 69.2 Å². The number of hydrogen-bond acceptors (Lipinski definition) is 1. The topological polar surface area (TPSA) is 12.9 Å². The highest BCUT2D eigenvalue weighted by Crippen LogP contribution is 2.33. The quantitative estimate of drug-likeness (QED) is 0.654. The van der Waals surface area contributed by atoms with Crippen molar-refractivity contribution in [2.45, 2.75) is 52.4 Å². The van der Waals surface area contributed by atoms with Crippen molar-refractivity contribution in [3.63, 3.8) is 0 Å². The summed E-state index contributed by atoms with van der Waals surface area (Å²) in [6.45, 7) is 9.05. The van der Waals surface area contributed by atoms with E-state index in [2.05, 4.69) is 76.4 Å². The molecule has 2 rings (SSSR count). The van der Waals surface area contributed by atoms with Gasteiger partial charge in [-0.05, 0) is 35.4 Å². The van der Waals surface area contributed by atoms with Crippen LogP contribution >= 0.6 is 0 Å². The maximum atomic E-state index is 4.71. The summed E-state index contributed by atoms with van der Waals surface area (Å²) in [6.07, 6.45) is 4.40. The second-order valence-corrected chi connectivity index (χ2v) is 6.10. The minimum atomic E-state index is 0.440. The number of aromatic nitrogens is 1. The van der Waals surface area contributed by atoms with Crippen LogP contribution in [-0.4, -0.2) is 4.98 Å². The SMILES string of the molecule is CCC(C)c1ccc(C(c2ccccc2)C(C)CC)cn1. The van der Waals surface area contributed by atoms with Gasteiger partial charge in [-0.25, -0.2) is 0 Å². The molecule has 3 unspecified atom stereocenters. The van der Waals surface area contributed by atoms with Crippen LogP contribution in [0, 0.1) is 5.92 Å². The molecule has 1 heterocycles. The van der Waals surface area contributed by atoms with Crippen LogP contribution in [0.4, 0.5) is 0 Å². The number of pyridine rings is 1. The summed E-state index contributed by atoms with van der Waals surface area (Å²) in [5.41, 5.74) is 3.93. The molecule has 1 aromatic carbocycles. The largest absolute Gasteiger partial charge is 0.261 e. The summed E-state index contributed by atoms with van der Waals surface area (Å²) in [6, 6.07) is 15.3. The fraction of sp³-hybridized carbons (Fsp3) is 0.450. The molecule has 0 spiro atoms. The molecule has 21 heavy (non-hydrogen) atoms. The summed E-state index contributed by atoms with van der Waals surface area (Å²) in [7, 11) is 0. The van der Waals surface area contributed by atoms with Gasteiger partial charge in [0, 0.05) is 17.8 Å². The molecule has 0 bridgehead atoms. The van der Waals surface area contributed by atoms with Gasteiger partial charge in [0.25, 0.3) is 0 Å². The Bertz CT molecular complexity index is 530. The van der Waals surface area contributed by atoms with Gasteiger partial charge in [-0.3, -0.25) is 4.98 Å². The monoisotopic (exact) mass is 281 g/mol. The Morgan fingerprint density at radius 3 is 2.10 bits per heavy atom. The highest BCUT2D eigenvalue weighted by atomic mass is 14.7. The Morgan fingerprint density at radius 1 is 0.857 bits per heavy atom. The van der Waals surface area contributed by atoms with Crippen LogP contribution in [0.25, 0.3) is 0 Å². The standard InChI is InChI=1S/C20H27N/c1-5-15(3)19-13-12-18(14-21-19)20(16(4)6-2)17-10-8-7-9-11-17/h7-16,20H,5-6H2,1-4H3. The van der Waals surface area contributed by atoms with Gasteiger partial charge in [0.15, 0.2) is 0 Å². The van der Waals surface area contributed by atoms with Gasteiger partial charge in [-0.2, -0.15) is 0 Å². The Balaban J connectivity index is 2.34. The lowest BCUT2D eigenvalue weighted by atomic mass is 9.81. The van der Waals surface area contributed by atoms with E-state index in [-0.39, 0.29) is 0 Å². The van der Waals surface area contributed by atoms with Crippen molar-refractivity contribution in [2.75, 3.05) is 0 Å². The van der Waals surface area contributed by atoms with Crippen molar-refractivity contribution < 1.29 is 0 Å². The third kappa shape index (κ3) is 3.72. The summed E-state index contributed by atoms with van der Waals surface area (Å²) in [4.78, 5) is 4.71. The molecule has 0 fully saturated rings. The Labute approximate surface area is 129 Å². The van der Waals surface area contributed by atoms with E-state index in [1.165, 1.54) is 23.2 Å². The second-order valence-electron chi connectivity index (χ2n) is 6.10. The molecule has 1 aromatic heterocycles. The average molecular weight is 281 g/mol. The minimum Gasteiger partial charge on any atom is -0.261 e. The zero-order valence-electron chi connectivity index (χ0n) is 13.7. The lowest BCUT2D eigenvalue weighted by Crippen LogP contribution is -2.11. The van der Waals surface area contributed by atoms with Crippen molar-refractivity contribution in [1.29, 1.82) is 0 Å². The Hall–Kier alpha value is -1.63. The van der Waals surface area contributed by atoms with Crippen molar-refractivity contribution in [2.24, 2.45) is 5.92 Å². The summed E-state index contributed by atoms with van der Waals surface area (Å²) >= 11 is 0. The van der Waals surface area contributed by atoms with Gasteiger partial charge < -0.3 is 0 Å². The molecule has 112 valence electrons. The van der Waals surface area contributed by atoms with Gasteiger partial charge in [-0.1, -0.05) is 70.5 Å². The lowest BCUT2D eigenvalue weighted by molar-refractivity contribution is 0.495. The van der Waals surface area contributed by atoms with Gasteiger partial charge in [0.1, 0.15) is 0 Å². The molecule has 0 aliphatic rings. The molecule has 1 heteroatoms. The van der Waals surface area contributed by atoms with E-state index in [4.69, 9.17) is 4.98 Å². The highest BCUT2D eigenvalue weighted by Gasteiger charge is 2.20. The number of nitrogens with zero attached hydrogens (tertiary/aromatic N) is 1. The molecule has 0 N–H and O–H groups in total. The smallest absolute Gasteiger partial charge is 0.0431 e. The van der Waals surface area contributed by atoms with E-state index >= 15 is 0 Å². The van der Waals surface area contributed by atoms with Crippen LogP contribution in [0.15, 0.2) is 48.7 Å². The van der Waals surface area contributed by atoms with Crippen LogP contribution in [0.5, 0.6) is 0 Å². The summed E-state index contributed by atoms with van der Waals surface area (Å²) in [5.74, 6) is 1.59. The van der Waals surface area contributed by atoms with E-state index in [1.807, 2.05) is 0 Å². The first kappa shape index (κ1) is 15.8. The molecule has 0 aliphatic carbocycles. The predicted octanol–water partition coefficient (Wildman–Crippen LogP) is 5.77. The predicted molar refractivity (Wildman–Crippen MR) is 90.7 cm³/mol. The van der Waals surface area contributed by atoms with Crippen molar-refractivity contribution >= 4 is 0 Å². The first-order chi connectivity index (χ1) is 10.2. The Morgan fingerprint density at radius 2 is 1.57 bits per heavy atom. The molecule has 2 aromatic rings. The van der Waals surface area contributed by atoms with Crippen LogP contribution in [-0.2, 0) is 0 Å².